The van der Waals surface area contributed by atoms with Crippen LogP contribution in [0.15, 0.2) is 30.3 Å². The molecule has 0 aromatic heterocycles. The van der Waals surface area contributed by atoms with Gasteiger partial charge < -0.3 is 20.9 Å². The summed E-state index contributed by atoms with van der Waals surface area (Å²) in [5.41, 5.74) is 6.01. The number of amides is 1. The maximum atomic E-state index is 11.8. The molecule has 1 aromatic carbocycles. The number of benzene rings is 1. The van der Waals surface area contributed by atoms with E-state index in [0.29, 0.717) is 19.4 Å². The number of carbonyl (C=O) groups excluding carboxylic acids is 1. The quantitative estimate of drug-likeness (QED) is 0.452. The van der Waals surface area contributed by atoms with Gasteiger partial charge in [-0.2, -0.15) is 0 Å². The molecule has 0 bridgehead atoms. The number of aliphatic carboxylic acids is 1. The molecule has 6 heteroatoms. The second-order valence-corrected chi connectivity index (χ2v) is 4.34. The van der Waals surface area contributed by atoms with Gasteiger partial charge in [0.2, 0.25) is 5.91 Å². The third kappa shape index (κ3) is 6.31. The molecule has 0 saturated heterocycles. The van der Waals surface area contributed by atoms with Crippen molar-refractivity contribution in [3.8, 4) is 0 Å². The van der Waals surface area contributed by atoms with Gasteiger partial charge in [0, 0.05) is 6.61 Å². The molecule has 0 fully saturated rings. The molecular formula is C14H20N2O4. The van der Waals surface area contributed by atoms with E-state index in [4.69, 9.17) is 15.6 Å². The molecule has 0 saturated carbocycles. The number of hydrogen-bond acceptors (Lipinski definition) is 4. The van der Waals surface area contributed by atoms with E-state index in [0.717, 1.165) is 5.56 Å². The van der Waals surface area contributed by atoms with Gasteiger partial charge in [-0.3, -0.25) is 4.79 Å². The van der Waals surface area contributed by atoms with Crippen LogP contribution in [0, 0.1) is 0 Å². The lowest BCUT2D eigenvalue weighted by atomic mass is 10.1. The highest BCUT2D eigenvalue weighted by Crippen LogP contribution is 2.02. The maximum absolute atomic E-state index is 11.8. The fraction of sp³-hybridized carbons (Fsp3) is 0.429. The summed E-state index contributed by atoms with van der Waals surface area (Å²) >= 11 is 0. The third-order valence-corrected chi connectivity index (χ3v) is 2.74. The van der Waals surface area contributed by atoms with Crippen molar-refractivity contribution in [2.24, 2.45) is 5.73 Å². The van der Waals surface area contributed by atoms with Gasteiger partial charge in [0.05, 0.1) is 13.2 Å². The highest BCUT2D eigenvalue weighted by atomic mass is 16.5. The normalized spacial score (nSPS) is 11.8. The highest BCUT2D eigenvalue weighted by molar-refractivity contribution is 5.84. The summed E-state index contributed by atoms with van der Waals surface area (Å²) in [5, 5.41) is 11.6. The zero-order chi connectivity index (χ0) is 14.8. The fourth-order valence-electron chi connectivity index (χ4n) is 1.76. The van der Waals surface area contributed by atoms with Crippen LogP contribution in [0.2, 0.25) is 0 Å². The number of hydrogen-bond donors (Lipinski definition) is 3. The van der Waals surface area contributed by atoms with E-state index in [-0.39, 0.29) is 19.1 Å². The van der Waals surface area contributed by atoms with Crippen LogP contribution in [0.25, 0.3) is 0 Å². The Labute approximate surface area is 117 Å². The van der Waals surface area contributed by atoms with E-state index in [2.05, 4.69) is 5.32 Å². The molecular weight excluding hydrogens is 260 g/mol. The molecule has 20 heavy (non-hydrogen) atoms. The van der Waals surface area contributed by atoms with Crippen LogP contribution in [0.5, 0.6) is 0 Å². The maximum Gasteiger partial charge on any atom is 0.326 e. The summed E-state index contributed by atoms with van der Waals surface area (Å²) in [6.07, 6.45) is 1.01. The molecule has 0 spiro atoms. The van der Waals surface area contributed by atoms with Gasteiger partial charge >= 0.3 is 5.97 Å². The van der Waals surface area contributed by atoms with Gasteiger partial charge in [-0.05, 0) is 18.4 Å². The number of nitrogens with one attached hydrogen (secondary N) is 1. The average Bonchev–Trinajstić information content (AvgIpc) is 2.43. The van der Waals surface area contributed by atoms with Crippen LogP contribution >= 0.6 is 0 Å². The van der Waals surface area contributed by atoms with Gasteiger partial charge in [-0.1, -0.05) is 30.3 Å². The lowest BCUT2D eigenvalue weighted by Gasteiger charge is -2.14. The van der Waals surface area contributed by atoms with Crippen LogP contribution in [0.3, 0.4) is 0 Å². The van der Waals surface area contributed by atoms with Crippen molar-refractivity contribution in [3.63, 3.8) is 0 Å². The van der Waals surface area contributed by atoms with E-state index in [1.807, 2.05) is 30.3 Å². The van der Waals surface area contributed by atoms with E-state index < -0.39 is 12.0 Å². The van der Waals surface area contributed by atoms with E-state index in [1.54, 1.807) is 0 Å². The van der Waals surface area contributed by atoms with Crippen molar-refractivity contribution in [3.05, 3.63) is 35.9 Å². The standard InChI is InChI=1S/C14H20N2O4/c15-10-20-8-4-7-12(14(18)19)16-13(17)9-11-5-2-1-3-6-11/h1-3,5-6,12H,4,7-10,15H2,(H,16,17)(H,18,19)/t12-/m0/s1. The summed E-state index contributed by atoms with van der Waals surface area (Å²) in [4.78, 5) is 22.9. The Kier molecular flexibility index (Phi) is 7.31. The molecule has 1 aromatic rings. The number of ether oxygens (including phenoxy) is 1. The number of nitrogens with two attached hydrogens (primary N) is 1. The van der Waals surface area contributed by atoms with Crippen molar-refractivity contribution >= 4 is 11.9 Å². The van der Waals surface area contributed by atoms with E-state index in [1.165, 1.54) is 0 Å². The van der Waals surface area contributed by atoms with Gasteiger partial charge in [0.1, 0.15) is 6.04 Å². The summed E-state index contributed by atoms with van der Waals surface area (Å²) in [6, 6.07) is 8.28. The lowest BCUT2D eigenvalue weighted by molar-refractivity contribution is -0.142. The largest absolute Gasteiger partial charge is 0.480 e. The van der Waals surface area contributed by atoms with Crippen LogP contribution in [0.1, 0.15) is 18.4 Å². The Morgan fingerprint density at radius 1 is 1.30 bits per heavy atom. The minimum atomic E-state index is -1.04. The molecule has 0 aliphatic heterocycles. The molecule has 0 heterocycles. The van der Waals surface area contributed by atoms with Crippen LogP contribution in [-0.2, 0) is 20.7 Å². The first kappa shape index (κ1) is 16.1. The molecule has 4 N–H and O–H groups in total. The Morgan fingerprint density at radius 3 is 2.60 bits per heavy atom. The van der Waals surface area contributed by atoms with Crippen molar-refractivity contribution in [1.82, 2.24) is 5.32 Å². The lowest BCUT2D eigenvalue weighted by Crippen LogP contribution is -2.41. The third-order valence-electron chi connectivity index (χ3n) is 2.74. The van der Waals surface area contributed by atoms with Gasteiger partial charge in [0.15, 0.2) is 0 Å². The second kappa shape index (κ2) is 9.06. The highest BCUT2D eigenvalue weighted by Gasteiger charge is 2.19. The molecule has 1 atom stereocenters. The molecule has 110 valence electrons. The predicted molar refractivity (Wildman–Crippen MR) is 74.0 cm³/mol. The van der Waals surface area contributed by atoms with Crippen LogP contribution in [0.4, 0.5) is 0 Å². The Morgan fingerprint density at radius 2 is 2.00 bits per heavy atom. The first-order valence-corrected chi connectivity index (χ1v) is 6.47. The van der Waals surface area contributed by atoms with Crippen molar-refractivity contribution in [2.75, 3.05) is 13.3 Å². The fourth-order valence-corrected chi connectivity index (χ4v) is 1.76. The summed E-state index contributed by atoms with van der Waals surface area (Å²) in [5.74, 6) is -1.34. The molecule has 0 radical (unpaired) electrons. The topological polar surface area (TPSA) is 102 Å². The first-order chi connectivity index (χ1) is 9.63. The Bertz CT molecular complexity index is 422. The Hall–Kier alpha value is -1.92. The first-order valence-electron chi connectivity index (χ1n) is 6.47. The van der Waals surface area contributed by atoms with Gasteiger partial charge in [-0.25, -0.2) is 4.79 Å². The summed E-state index contributed by atoms with van der Waals surface area (Å²) in [6.45, 7) is 0.493. The number of carboxylic acids is 1. The molecule has 6 nitrogen and oxygen atoms in total. The van der Waals surface area contributed by atoms with Crippen LogP contribution < -0.4 is 11.1 Å². The predicted octanol–water partition coefficient (Wildman–Crippen LogP) is 0.512. The number of carboxylic acid groups (broad SMARTS) is 1. The zero-order valence-electron chi connectivity index (χ0n) is 11.2. The van der Waals surface area contributed by atoms with Crippen molar-refractivity contribution < 1.29 is 19.4 Å². The summed E-state index contributed by atoms with van der Waals surface area (Å²) in [7, 11) is 0. The molecule has 1 amide bonds. The zero-order valence-corrected chi connectivity index (χ0v) is 11.2. The molecule has 0 unspecified atom stereocenters. The van der Waals surface area contributed by atoms with E-state index in [9.17, 15) is 9.59 Å². The van der Waals surface area contributed by atoms with Crippen molar-refractivity contribution in [2.45, 2.75) is 25.3 Å². The molecule has 0 aliphatic carbocycles. The van der Waals surface area contributed by atoms with E-state index >= 15 is 0 Å². The van der Waals surface area contributed by atoms with Crippen LogP contribution in [-0.4, -0.2) is 36.4 Å². The number of rotatable bonds is 9. The molecule has 1 rings (SSSR count). The van der Waals surface area contributed by atoms with Gasteiger partial charge in [0.25, 0.3) is 0 Å². The average molecular weight is 280 g/mol. The Balaban J connectivity index is 2.40. The minimum absolute atomic E-state index is 0.109. The van der Waals surface area contributed by atoms with Gasteiger partial charge in [-0.15, -0.1) is 0 Å². The SMILES string of the molecule is NCOCCC[C@H](NC(=O)Cc1ccccc1)C(=O)O. The van der Waals surface area contributed by atoms with Crippen molar-refractivity contribution in [1.29, 1.82) is 0 Å². The number of carbonyl (C=O) groups is 2. The molecule has 0 aliphatic rings. The smallest absolute Gasteiger partial charge is 0.326 e. The summed E-state index contributed by atoms with van der Waals surface area (Å²) < 4.78 is 4.94. The second-order valence-electron chi connectivity index (χ2n) is 4.34. The monoisotopic (exact) mass is 280 g/mol. The minimum Gasteiger partial charge on any atom is -0.480 e.